The molecular formula is C22H18ClNO6S. The Morgan fingerprint density at radius 3 is 2.39 bits per heavy atom. The number of Topliss-reactive ketones (excluding diaryl/α,β-unsaturated/α-hetero) is 1. The van der Waals surface area contributed by atoms with Crippen LogP contribution in [0.3, 0.4) is 0 Å². The van der Waals surface area contributed by atoms with Crippen LogP contribution in [-0.2, 0) is 26.1 Å². The molecule has 2 aromatic carbocycles. The number of rotatable bonds is 9. The van der Waals surface area contributed by atoms with Gasteiger partial charge in [0, 0.05) is 16.7 Å². The Morgan fingerprint density at radius 1 is 1.03 bits per heavy atom. The highest BCUT2D eigenvalue weighted by molar-refractivity contribution is 7.89. The molecule has 7 nitrogen and oxygen atoms in total. The molecule has 0 aliphatic rings. The Kier molecular flexibility index (Phi) is 7.41. The molecular weight excluding hydrogens is 442 g/mol. The first-order valence-corrected chi connectivity index (χ1v) is 11.0. The molecule has 1 aromatic heterocycles. The van der Waals surface area contributed by atoms with Crippen LogP contribution in [0.5, 0.6) is 0 Å². The minimum Gasteiger partial charge on any atom is -0.468 e. The third-order valence-electron chi connectivity index (χ3n) is 4.13. The fourth-order valence-electron chi connectivity index (χ4n) is 2.49. The lowest BCUT2D eigenvalue weighted by molar-refractivity contribution is -0.136. The summed E-state index contributed by atoms with van der Waals surface area (Å²) in [6, 6.07) is 15.5. The third kappa shape index (κ3) is 6.65. The molecule has 31 heavy (non-hydrogen) atoms. The number of ketones is 1. The van der Waals surface area contributed by atoms with Crippen molar-refractivity contribution in [2.45, 2.75) is 11.4 Å². The second-order valence-electron chi connectivity index (χ2n) is 6.34. The quantitative estimate of drug-likeness (QED) is 0.296. The van der Waals surface area contributed by atoms with E-state index in [1.165, 1.54) is 24.5 Å². The van der Waals surface area contributed by atoms with Gasteiger partial charge in [0.2, 0.25) is 10.0 Å². The molecule has 3 rings (SSSR count). The zero-order chi connectivity index (χ0) is 22.3. The average Bonchev–Trinajstić information content (AvgIpc) is 3.29. The molecule has 0 amide bonds. The molecule has 0 unspecified atom stereocenters. The van der Waals surface area contributed by atoms with E-state index in [1.807, 2.05) is 0 Å². The molecule has 0 atom stereocenters. The smallest absolute Gasteiger partial charge is 0.331 e. The molecule has 3 aromatic rings. The molecule has 0 aliphatic carbocycles. The Labute approximate surface area is 184 Å². The van der Waals surface area contributed by atoms with Gasteiger partial charge >= 0.3 is 5.97 Å². The fourth-order valence-corrected chi connectivity index (χ4v) is 3.61. The number of hydrogen-bond donors (Lipinski definition) is 1. The number of carbonyl (C=O) groups is 2. The summed E-state index contributed by atoms with van der Waals surface area (Å²) in [5, 5.41) is 0.503. The minimum absolute atomic E-state index is 0.0393. The Hall–Kier alpha value is -3.20. The maximum absolute atomic E-state index is 12.3. The summed E-state index contributed by atoms with van der Waals surface area (Å²) >= 11 is 5.77. The summed E-state index contributed by atoms with van der Waals surface area (Å²) in [4.78, 5) is 23.9. The van der Waals surface area contributed by atoms with E-state index in [0.29, 0.717) is 21.9 Å². The van der Waals surface area contributed by atoms with Gasteiger partial charge in [-0.15, -0.1) is 0 Å². The number of furan rings is 1. The van der Waals surface area contributed by atoms with Crippen molar-refractivity contribution < 1.29 is 27.2 Å². The van der Waals surface area contributed by atoms with E-state index in [0.717, 1.165) is 6.08 Å². The maximum atomic E-state index is 12.3. The molecule has 0 spiro atoms. The zero-order valence-corrected chi connectivity index (χ0v) is 17.7. The van der Waals surface area contributed by atoms with E-state index in [1.54, 1.807) is 48.5 Å². The minimum atomic E-state index is -3.70. The summed E-state index contributed by atoms with van der Waals surface area (Å²) in [5.41, 5.74) is 0.976. The van der Waals surface area contributed by atoms with Crippen LogP contribution in [0.1, 0.15) is 21.7 Å². The summed E-state index contributed by atoms with van der Waals surface area (Å²) in [6.45, 7) is -0.360. The number of esters is 1. The number of ether oxygens (including phenoxy) is 1. The van der Waals surface area contributed by atoms with Crippen molar-refractivity contribution in [3.63, 3.8) is 0 Å². The summed E-state index contributed by atoms with van der Waals surface area (Å²) in [6.07, 6.45) is 4.08. The highest BCUT2D eigenvalue weighted by Crippen LogP contribution is 2.13. The van der Waals surface area contributed by atoms with Crippen molar-refractivity contribution in [3.8, 4) is 0 Å². The first-order valence-electron chi connectivity index (χ1n) is 9.09. The second-order valence-corrected chi connectivity index (χ2v) is 8.55. The lowest BCUT2D eigenvalue weighted by Gasteiger charge is -2.05. The lowest BCUT2D eigenvalue weighted by Crippen LogP contribution is -2.22. The molecule has 0 bridgehead atoms. The highest BCUT2D eigenvalue weighted by atomic mass is 35.5. The molecule has 0 radical (unpaired) electrons. The normalized spacial score (nSPS) is 11.5. The largest absolute Gasteiger partial charge is 0.468 e. The van der Waals surface area contributed by atoms with E-state index < -0.39 is 22.6 Å². The monoisotopic (exact) mass is 459 g/mol. The van der Waals surface area contributed by atoms with Gasteiger partial charge in [0.15, 0.2) is 12.4 Å². The van der Waals surface area contributed by atoms with Crippen LogP contribution in [0.15, 0.2) is 82.3 Å². The first-order chi connectivity index (χ1) is 14.8. The van der Waals surface area contributed by atoms with Crippen LogP contribution >= 0.6 is 11.6 Å². The molecule has 160 valence electrons. The molecule has 0 saturated heterocycles. The van der Waals surface area contributed by atoms with Gasteiger partial charge < -0.3 is 9.15 Å². The topological polar surface area (TPSA) is 103 Å². The van der Waals surface area contributed by atoms with Gasteiger partial charge in [-0.25, -0.2) is 17.9 Å². The van der Waals surface area contributed by atoms with Crippen molar-refractivity contribution in [2.24, 2.45) is 0 Å². The standard InChI is InChI=1S/C22H18ClNO6S/c23-18-8-6-17(7-9-18)21(25)15-30-22(26)12-5-16-3-10-20(11-4-16)31(27,28)24-14-19-2-1-13-29-19/h1-13,24H,14-15H2/b12-5+. The number of sulfonamides is 1. The van der Waals surface area contributed by atoms with Crippen molar-refractivity contribution in [3.05, 3.63) is 94.9 Å². The van der Waals surface area contributed by atoms with Crippen LogP contribution in [0.4, 0.5) is 0 Å². The van der Waals surface area contributed by atoms with E-state index >= 15 is 0 Å². The van der Waals surface area contributed by atoms with Crippen LogP contribution < -0.4 is 4.72 Å². The van der Waals surface area contributed by atoms with Crippen LogP contribution in [0.2, 0.25) is 5.02 Å². The molecule has 0 saturated carbocycles. The molecule has 9 heteroatoms. The van der Waals surface area contributed by atoms with Gasteiger partial charge in [0.05, 0.1) is 17.7 Å². The average molecular weight is 460 g/mol. The first kappa shape index (κ1) is 22.5. The van der Waals surface area contributed by atoms with Crippen molar-refractivity contribution in [1.29, 1.82) is 0 Å². The third-order valence-corrected chi connectivity index (χ3v) is 5.80. The molecule has 0 fully saturated rings. The van der Waals surface area contributed by atoms with Crippen molar-refractivity contribution in [1.82, 2.24) is 4.72 Å². The Bertz CT molecular complexity index is 1170. The van der Waals surface area contributed by atoms with Crippen LogP contribution in [0.25, 0.3) is 6.08 Å². The summed E-state index contributed by atoms with van der Waals surface area (Å²) < 4.78 is 37.1. The fraction of sp³-hybridized carbons (Fsp3) is 0.0909. The number of nitrogens with one attached hydrogen (secondary N) is 1. The second kappa shape index (κ2) is 10.2. The van der Waals surface area contributed by atoms with Gasteiger partial charge in [-0.3, -0.25) is 4.79 Å². The van der Waals surface area contributed by atoms with Crippen LogP contribution in [-0.4, -0.2) is 26.8 Å². The summed E-state index contributed by atoms with van der Waals surface area (Å²) in [7, 11) is -3.70. The van der Waals surface area contributed by atoms with Crippen molar-refractivity contribution >= 4 is 39.5 Å². The van der Waals surface area contributed by atoms with Crippen molar-refractivity contribution in [2.75, 3.05) is 6.61 Å². The van der Waals surface area contributed by atoms with Gasteiger partial charge in [0.1, 0.15) is 5.76 Å². The van der Waals surface area contributed by atoms with Gasteiger partial charge in [-0.1, -0.05) is 23.7 Å². The number of hydrogen-bond acceptors (Lipinski definition) is 6. The van der Waals surface area contributed by atoms with E-state index in [-0.39, 0.29) is 17.2 Å². The van der Waals surface area contributed by atoms with E-state index in [9.17, 15) is 18.0 Å². The predicted molar refractivity (Wildman–Crippen MR) is 115 cm³/mol. The van der Waals surface area contributed by atoms with Gasteiger partial charge in [-0.05, 0) is 60.2 Å². The Balaban J connectivity index is 1.51. The SMILES string of the molecule is O=C(/C=C/c1ccc(S(=O)(=O)NCc2ccco2)cc1)OCC(=O)c1ccc(Cl)cc1. The van der Waals surface area contributed by atoms with Gasteiger partial charge in [-0.2, -0.15) is 0 Å². The molecule has 1 N–H and O–H groups in total. The van der Waals surface area contributed by atoms with E-state index in [4.69, 9.17) is 20.8 Å². The Morgan fingerprint density at radius 2 is 1.74 bits per heavy atom. The van der Waals surface area contributed by atoms with Crippen LogP contribution in [0, 0.1) is 0 Å². The number of benzene rings is 2. The number of carbonyl (C=O) groups excluding carboxylic acids is 2. The number of halogens is 1. The molecule has 1 heterocycles. The molecule has 0 aliphatic heterocycles. The maximum Gasteiger partial charge on any atom is 0.331 e. The predicted octanol–water partition coefficient (Wildman–Crippen LogP) is 3.85. The summed E-state index contributed by atoms with van der Waals surface area (Å²) in [5.74, 6) is -0.551. The highest BCUT2D eigenvalue weighted by Gasteiger charge is 2.14. The van der Waals surface area contributed by atoms with Gasteiger partial charge in [0.25, 0.3) is 0 Å². The van der Waals surface area contributed by atoms with E-state index in [2.05, 4.69) is 4.72 Å². The lowest BCUT2D eigenvalue weighted by atomic mass is 10.1. The zero-order valence-electron chi connectivity index (χ0n) is 16.2.